The standard InChI is InChI=1S/C31H37N5/c1-21(27-17-28(20-33-19-27)35-22(2)16-25-10-7-6-8-11-25)13-14-29(32-5)23(3)24(4)30-18-26-12-9-15-34-31(26)36-30/h9,12-15,17-20,25,32,35H,2-4,6-8,10-11,16H2,1,5H3,(H,34,36)/b21-13+,29-14+. The number of hydrogen-bond acceptors (Lipinski definition) is 4. The quantitative estimate of drug-likeness (QED) is 0.262. The average Bonchev–Trinajstić information content (AvgIpc) is 3.33. The number of hydrogen-bond donors (Lipinski definition) is 3. The van der Waals surface area contributed by atoms with Crippen LogP contribution in [0.15, 0.2) is 91.7 Å². The minimum absolute atomic E-state index is 0.755. The van der Waals surface area contributed by atoms with E-state index in [1.165, 1.54) is 32.1 Å². The summed E-state index contributed by atoms with van der Waals surface area (Å²) < 4.78 is 0. The van der Waals surface area contributed by atoms with Crippen molar-refractivity contribution in [2.75, 3.05) is 12.4 Å². The van der Waals surface area contributed by atoms with Gasteiger partial charge in [0.1, 0.15) is 5.65 Å². The number of aromatic amines is 1. The lowest BCUT2D eigenvalue weighted by atomic mass is 9.86. The first kappa shape index (κ1) is 25.2. The lowest BCUT2D eigenvalue weighted by Gasteiger charge is -2.23. The van der Waals surface area contributed by atoms with Gasteiger partial charge in [-0.25, -0.2) is 4.98 Å². The second-order valence-corrected chi connectivity index (χ2v) is 9.66. The van der Waals surface area contributed by atoms with Crippen LogP contribution in [0.1, 0.15) is 56.7 Å². The molecule has 4 rings (SSSR count). The van der Waals surface area contributed by atoms with Gasteiger partial charge in [0.2, 0.25) is 0 Å². The summed E-state index contributed by atoms with van der Waals surface area (Å²) in [5, 5.41) is 7.78. The minimum atomic E-state index is 0.755. The van der Waals surface area contributed by atoms with Gasteiger partial charge in [0.05, 0.1) is 11.9 Å². The Morgan fingerprint density at radius 3 is 2.67 bits per heavy atom. The molecule has 0 spiro atoms. The highest BCUT2D eigenvalue weighted by Crippen LogP contribution is 2.30. The highest BCUT2D eigenvalue weighted by molar-refractivity contribution is 5.87. The van der Waals surface area contributed by atoms with Crippen LogP contribution in [-0.4, -0.2) is 22.0 Å². The van der Waals surface area contributed by atoms with Gasteiger partial charge < -0.3 is 15.6 Å². The van der Waals surface area contributed by atoms with E-state index in [1.54, 1.807) is 6.20 Å². The Bertz CT molecular complexity index is 1280. The van der Waals surface area contributed by atoms with Crippen molar-refractivity contribution in [3.63, 3.8) is 0 Å². The van der Waals surface area contributed by atoms with E-state index in [1.807, 2.05) is 37.7 Å². The van der Waals surface area contributed by atoms with E-state index in [0.29, 0.717) is 0 Å². The van der Waals surface area contributed by atoms with Crippen molar-refractivity contribution < 1.29 is 0 Å². The lowest BCUT2D eigenvalue weighted by Crippen LogP contribution is -2.10. The molecule has 1 aliphatic rings. The smallest absolute Gasteiger partial charge is 0.137 e. The summed E-state index contributed by atoms with van der Waals surface area (Å²) in [6, 6.07) is 8.14. The monoisotopic (exact) mass is 479 g/mol. The van der Waals surface area contributed by atoms with Crippen LogP contribution in [0.4, 0.5) is 5.69 Å². The fourth-order valence-corrected chi connectivity index (χ4v) is 4.80. The molecule has 0 saturated heterocycles. The highest BCUT2D eigenvalue weighted by atomic mass is 14.9. The maximum atomic E-state index is 4.45. The summed E-state index contributed by atoms with van der Waals surface area (Å²) in [6.07, 6.45) is 17.4. The van der Waals surface area contributed by atoms with Crippen molar-refractivity contribution in [3.8, 4) is 0 Å². The van der Waals surface area contributed by atoms with E-state index in [0.717, 1.165) is 68.4 Å². The zero-order valence-corrected chi connectivity index (χ0v) is 21.5. The molecule has 3 aromatic rings. The van der Waals surface area contributed by atoms with Crippen molar-refractivity contribution in [1.29, 1.82) is 0 Å². The normalized spacial score (nSPS) is 15.1. The summed E-state index contributed by atoms with van der Waals surface area (Å²) >= 11 is 0. The number of allylic oxidation sites excluding steroid dienone is 5. The Hall–Kier alpha value is -3.86. The number of nitrogens with zero attached hydrogens (tertiary/aromatic N) is 2. The van der Waals surface area contributed by atoms with Gasteiger partial charge in [-0.3, -0.25) is 4.98 Å². The number of likely N-dealkylation sites (N-methyl/N-ethyl adjacent to an activating group) is 1. The second-order valence-electron chi connectivity index (χ2n) is 9.66. The molecule has 36 heavy (non-hydrogen) atoms. The third-order valence-electron chi connectivity index (χ3n) is 6.95. The fourth-order valence-electron chi connectivity index (χ4n) is 4.80. The van der Waals surface area contributed by atoms with Crippen LogP contribution in [0.2, 0.25) is 0 Å². The molecule has 186 valence electrons. The Labute approximate surface area is 214 Å². The zero-order valence-electron chi connectivity index (χ0n) is 21.5. The summed E-state index contributed by atoms with van der Waals surface area (Å²) in [7, 11) is 1.89. The van der Waals surface area contributed by atoms with Gasteiger partial charge in [0.15, 0.2) is 0 Å². The van der Waals surface area contributed by atoms with Crippen LogP contribution < -0.4 is 10.6 Å². The molecule has 5 heteroatoms. The topological polar surface area (TPSA) is 65.6 Å². The van der Waals surface area contributed by atoms with Crippen LogP contribution in [0.25, 0.3) is 22.2 Å². The van der Waals surface area contributed by atoms with Crippen LogP contribution in [0.5, 0.6) is 0 Å². The van der Waals surface area contributed by atoms with Gasteiger partial charge in [0, 0.05) is 41.9 Å². The van der Waals surface area contributed by atoms with Gasteiger partial charge in [-0.05, 0) is 71.9 Å². The predicted octanol–water partition coefficient (Wildman–Crippen LogP) is 7.63. The molecule has 0 aliphatic heterocycles. The molecule has 1 fully saturated rings. The number of rotatable bonds is 10. The first-order valence-corrected chi connectivity index (χ1v) is 12.7. The summed E-state index contributed by atoms with van der Waals surface area (Å²) in [5.74, 6) is 0.755. The number of anilines is 1. The molecule has 3 heterocycles. The van der Waals surface area contributed by atoms with Crippen LogP contribution >= 0.6 is 0 Å². The fraction of sp³-hybridized carbons (Fsp3) is 0.290. The van der Waals surface area contributed by atoms with E-state index >= 15 is 0 Å². The number of nitrogens with one attached hydrogen (secondary N) is 3. The molecule has 0 amide bonds. The Morgan fingerprint density at radius 1 is 1.11 bits per heavy atom. The highest BCUT2D eigenvalue weighted by Gasteiger charge is 2.15. The maximum absolute atomic E-state index is 4.45. The SMILES string of the molecule is C=C(CC1CCCCC1)Nc1cncc(/C(C)=C/C=C(/NC)C(=C)C(=C)c2cc3cccnc3[nH]2)c1. The van der Waals surface area contributed by atoms with E-state index in [2.05, 4.69) is 70.5 Å². The van der Waals surface area contributed by atoms with Gasteiger partial charge in [-0.15, -0.1) is 0 Å². The summed E-state index contributed by atoms with van der Waals surface area (Å²) in [4.78, 5) is 12.2. The number of H-pyrrole nitrogens is 1. The van der Waals surface area contributed by atoms with E-state index in [-0.39, 0.29) is 0 Å². The zero-order chi connectivity index (χ0) is 25.5. The minimum Gasteiger partial charge on any atom is -0.388 e. The molecule has 0 aromatic carbocycles. The van der Waals surface area contributed by atoms with Crippen molar-refractivity contribution in [2.45, 2.75) is 45.4 Å². The lowest BCUT2D eigenvalue weighted by molar-refractivity contribution is 0.357. The Morgan fingerprint density at radius 2 is 1.92 bits per heavy atom. The number of fused-ring (bicyclic) bond motifs is 1. The van der Waals surface area contributed by atoms with Crippen molar-refractivity contribution in [2.24, 2.45) is 5.92 Å². The van der Waals surface area contributed by atoms with Gasteiger partial charge in [0.25, 0.3) is 0 Å². The predicted molar refractivity (Wildman–Crippen MR) is 153 cm³/mol. The summed E-state index contributed by atoms with van der Waals surface area (Å²) in [5.41, 5.74) is 8.50. The second kappa shape index (κ2) is 11.7. The van der Waals surface area contributed by atoms with Crippen molar-refractivity contribution >= 4 is 27.9 Å². The molecule has 0 atom stereocenters. The van der Waals surface area contributed by atoms with E-state index < -0.39 is 0 Å². The third-order valence-corrected chi connectivity index (χ3v) is 6.95. The van der Waals surface area contributed by atoms with E-state index in [9.17, 15) is 0 Å². The van der Waals surface area contributed by atoms with Crippen molar-refractivity contribution in [1.82, 2.24) is 20.3 Å². The molecule has 0 bridgehead atoms. The van der Waals surface area contributed by atoms with E-state index in [4.69, 9.17) is 0 Å². The van der Waals surface area contributed by atoms with Gasteiger partial charge >= 0.3 is 0 Å². The van der Waals surface area contributed by atoms with Crippen LogP contribution in [0.3, 0.4) is 0 Å². The number of aromatic nitrogens is 3. The van der Waals surface area contributed by atoms with Crippen molar-refractivity contribution in [3.05, 3.63) is 103 Å². The first-order chi connectivity index (χ1) is 17.4. The molecular weight excluding hydrogens is 442 g/mol. The summed E-state index contributed by atoms with van der Waals surface area (Å²) in [6.45, 7) is 14.9. The molecule has 3 N–H and O–H groups in total. The molecule has 5 nitrogen and oxygen atoms in total. The Kier molecular flexibility index (Phi) is 8.21. The number of pyridine rings is 2. The molecule has 1 aliphatic carbocycles. The average molecular weight is 480 g/mol. The van der Waals surface area contributed by atoms with Crippen LogP contribution in [-0.2, 0) is 0 Å². The molecular formula is C31H37N5. The maximum Gasteiger partial charge on any atom is 0.137 e. The van der Waals surface area contributed by atoms with Gasteiger partial charge in [-0.1, -0.05) is 57.9 Å². The Balaban J connectivity index is 1.44. The molecule has 0 unspecified atom stereocenters. The largest absolute Gasteiger partial charge is 0.388 e. The molecule has 0 radical (unpaired) electrons. The van der Waals surface area contributed by atoms with Crippen LogP contribution in [0, 0.1) is 5.92 Å². The van der Waals surface area contributed by atoms with Gasteiger partial charge in [-0.2, -0.15) is 0 Å². The molecule has 3 aromatic heterocycles. The third kappa shape index (κ3) is 6.22. The molecule has 1 saturated carbocycles. The first-order valence-electron chi connectivity index (χ1n) is 12.7.